The summed E-state index contributed by atoms with van der Waals surface area (Å²) in [5.74, 6) is 2.90. The lowest BCUT2D eigenvalue weighted by molar-refractivity contribution is 0.412. The first kappa shape index (κ1) is 13.7. The molecule has 3 heteroatoms. The minimum atomic E-state index is 0.255. The number of ether oxygens (including phenoxy) is 1. The summed E-state index contributed by atoms with van der Waals surface area (Å²) in [5, 5.41) is 3.45. The maximum Gasteiger partial charge on any atom is 0.119 e. The second-order valence-electron chi connectivity index (χ2n) is 4.60. The van der Waals surface area contributed by atoms with Crippen LogP contribution in [0.1, 0.15) is 37.0 Å². The van der Waals surface area contributed by atoms with Crippen molar-refractivity contribution in [3.05, 3.63) is 53.5 Å². The van der Waals surface area contributed by atoms with Gasteiger partial charge in [-0.2, -0.15) is 0 Å². The SMILES string of the molecule is CCc1ccc(CN[C@H](C)c2cccc(OC)c2)o1. The lowest BCUT2D eigenvalue weighted by Crippen LogP contribution is -2.17. The Labute approximate surface area is 114 Å². The molecule has 1 aromatic heterocycles. The van der Waals surface area contributed by atoms with E-state index in [1.54, 1.807) is 7.11 Å². The molecule has 102 valence electrons. The van der Waals surface area contributed by atoms with Crippen molar-refractivity contribution in [2.24, 2.45) is 0 Å². The highest BCUT2D eigenvalue weighted by molar-refractivity contribution is 5.30. The van der Waals surface area contributed by atoms with Gasteiger partial charge in [0.05, 0.1) is 13.7 Å². The summed E-state index contributed by atoms with van der Waals surface area (Å²) < 4.78 is 10.9. The van der Waals surface area contributed by atoms with E-state index in [-0.39, 0.29) is 6.04 Å². The smallest absolute Gasteiger partial charge is 0.119 e. The maximum absolute atomic E-state index is 5.68. The number of furan rings is 1. The quantitative estimate of drug-likeness (QED) is 0.859. The second-order valence-corrected chi connectivity index (χ2v) is 4.60. The van der Waals surface area contributed by atoms with Crippen molar-refractivity contribution in [2.75, 3.05) is 7.11 Å². The molecule has 0 unspecified atom stereocenters. The third kappa shape index (κ3) is 3.61. The molecular formula is C16H21NO2. The standard InChI is InChI=1S/C16H21NO2/c1-4-14-8-9-16(19-14)11-17-12(2)13-6-5-7-15(10-13)18-3/h5-10,12,17H,4,11H2,1-3H3/t12-/m1/s1. The molecule has 0 bridgehead atoms. The van der Waals surface area contributed by atoms with Gasteiger partial charge in [0, 0.05) is 12.5 Å². The summed E-state index contributed by atoms with van der Waals surface area (Å²) in [7, 11) is 1.69. The summed E-state index contributed by atoms with van der Waals surface area (Å²) in [6.07, 6.45) is 0.936. The lowest BCUT2D eigenvalue weighted by atomic mass is 10.1. The van der Waals surface area contributed by atoms with E-state index in [1.165, 1.54) is 5.56 Å². The highest BCUT2D eigenvalue weighted by Gasteiger charge is 2.07. The molecule has 0 aliphatic rings. The zero-order chi connectivity index (χ0) is 13.7. The summed E-state index contributed by atoms with van der Waals surface area (Å²) in [6, 6.07) is 12.4. The number of nitrogens with one attached hydrogen (secondary N) is 1. The van der Waals surface area contributed by atoms with Crippen LogP contribution in [0.3, 0.4) is 0 Å². The van der Waals surface area contributed by atoms with Gasteiger partial charge >= 0.3 is 0 Å². The minimum absolute atomic E-state index is 0.255. The number of methoxy groups -OCH3 is 1. The molecule has 1 aromatic carbocycles. The van der Waals surface area contributed by atoms with Crippen LogP contribution in [0.2, 0.25) is 0 Å². The Kier molecular flexibility index (Phi) is 4.63. The topological polar surface area (TPSA) is 34.4 Å². The summed E-state index contributed by atoms with van der Waals surface area (Å²) in [6.45, 7) is 4.96. The summed E-state index contributed by atoms with van der Waals surface area (Å²) in [5.41, 5.74) is 1.21. The molecule has 1 heterocycles. The first-order valence-corrected chi connectivity index (χ1v) is 6.68. The van der Waals surface area contributed by atoms with Gasteiger partial charge in [-0.25, -0.2) is 0 Å². The van der Waals surface area contributed by atoms with E-state index in [0.717, 1.165) is 30.2 Å². The first-order valence-electron chi connectivity index (χ1n) is 6.68. The lowest BCUT2D eigenvalue weighted by Gasteiger charge is -2.14. The third-order valence-electron chi connectivity index (χ3n) is 3.24. The Bertz CT molecular complexity index is 519. The predicted octanol–water partition coefficient (Wildman–Crippen LogP) is 3.70. The van der Waals surface area contributed by atoms with Crippen LogP contribution >= 0.6 is 0 Å². The van der Waals surface area contributed by atoms with Crippen molar-refractivity contribution in [3.8, 4) is 5.75 Å². The number of hydrogen-bond donors (Lipinski definition) is 1. The fourth-order valence-electron chi connectivity index (χ4n) is 1.99. The first-order chi connectivity index (χ1) is 9.22. The molecule has 0 radical (unpaired) electrons. The fraction of sp³-hybridized carbons (Fsp3) is 0.375. The van der Waals surface area contributed by atoms with Crippen LogP contribution in [-0.2, 0) is 13.0 Å². The van der Waals surface area contributed by atoms with E-state index in [4.69, 9.17) is 9.15 Å². The van der Waals surface area contributed by atoms with E-state index in [1.807, 2.05) is 24.3 Å². The van der Waals surface area contributed by atoms with E-state index >= 15 is 0 Å². The van der Waals surface area contributed by atoms with Gasteiger partial charge in [-0.1, -0.05) is 19.1 Å². The van der Waals surface area contributed by atoms with E-state index in [2.05, 4.69) is 31.3 Å². The monoisotopic (exact) mass is 259 g/mol. The average Bonchev–Trinajstić information content (AvgIpc) is 2.93. The normalized spacial score (nSPS) is 12.4. The van der Waals surface area contributed by atoms with E-state index in [0.29, 0.717) is 0 Å². The van der Waals surface area contributed by atoms with Crippen molar-refractivity contribution in [3.63, 3.8) is 0 Å². The predicted molar refractivity (Wildman–Crippen MR) is 76.3 cm³/mol. The zero-order valence-electron chi connectivity index (χ0n) is 11.8. The molecule has 0 fully saturated rings. The van der Waals surface area contributed by atoms with Gasteiger partial charge in [0.2, 0.25) is 0 Å². The summed E-state index contributed by atoms with van der Waals surface area (Å²) >= 11 is 0. The van der Waals surface area contributed by atoms with Crippen LogP contribution in [0.4, 0.5) is 0 Å². The molecule has 0 aliphatic heterocycles. The van der Waals surface area contributed by atoms with Gasteiger partial charge in [0.1, 0.15) is 17.3 Å². The van der Waals surface area contributed by atoms with Crippen molar-refractivity contribution < 1.29 is 9.15 Å². The molecule has 1 N–H and O–H groups in total. The fourth-order valence-corrected chi connectivity index (χ4v) is 1.99. The van der Waals surface area contributed by atoms with Crippen molar-refractivity contribution in [1.29, 1.82) is 0 Å². The van der Waals surface area contributed by atoms with Gasteiger partial charge in [0.15, 0.2) is 0 Å². The highest BCUT2D eigenvalue weighted by Crippen LogP contribution is 2.19. The van der Waals surface area contributed by atoms with Crippen LogP contribution in [-0.4, -0.2) is 7.11 Å². The average molecular weight is 259 g/mol. The molecule has 0 aliphatic carbocycles. The number of aryl methyl sites for hydroxylation is 1. The zero-order valence-corrected chi connectivity index (χ0v) is 11.8. The van der Waals surface area contributed by atoms with Gasteiger partial charge in [-0.3, -0.25) is 0 Å². The van der Waals surface area contributed by atoms with Crippen molar-refractivity contribution in [1.82, 2.24) is 5.32 Å². The molecule has 2 rings (SSSR count). The van der Waals surface area contributed by atoms with Crippen molar-refractivity contribution >= 4 is 0 Å². The minimum Gasteiger partial charge on any atom is -0.497 e. The van der Waals surface area contributed by atoms with Crippen LogP contribution in [0.5, 0.6) is 5.75 Å². The Balaban J connectivity index is 1.94. The number of rotatable bonds is 6. The number of benzene rings is 1. The van der Waals surface area contributed by atoms with Gasteiger partial charge in [0.25, 0.3) is 0 Å². The van der Waals surface area contributed by atoms with Crippen LogP contribution in [0, 0.1) is 0 Å². The Morgan fingerprint density at radius 3 is 2.68 bits per heavy atom. The Morgan fingerprint density at radius 1 is 1.21 bits per heavy atom. The van der Waals surface area contributed by atoms with Gasteiger partial charge in [-0.05, 0) is 36.8 Å². The largest absolute Gasteiger partial charge is 0.497 e. The Morgan fingerprint density at radius 2 is 2.00 bits per heavy atom. The van der Waals surface area contributed by atoms with Crippen molar-refractivity contribution in [2.45, 2.75) is 32.9 Å². The molecule has 3 nitrogen and oxygen atoms in total. The highest BCUT2D eigenvalue weighted by atomic mass is 16.5. The molecule has 1 atom stereocenters. The molecule has 2 aromatic rings. The molecule has 19 heavy (non-hydrogen) atoms. The van der Waals surface area contributed by atoms with Crippen LogP contribution in [0.25, 0.3) is 0 Å². The van der Waals surface area contributed by atoms with Crippen LogP contribution in [0.15, 0.2) is 40.8 Å². The Hall–Kier alpha value is -1.74. The van der Waals surface area contributed by atoms with Crippen LogP contribution < -0.4 is 10.1 Å². The van der Waals surface area contributed by atoms with Gasteiger partial charge in [-0.15, -0.1) is 0 Å². The molecule has 0 saturated heterocycles. The molecule has 0 spiro atoms. The third-order valence-corrected chi connectivity index (χ3v) is 3.24. The van der Waals surface area contributed by atoms with E-state index < -0.39 is 0 Å². The molecule has 0 amide bonds. The number of hydrogen-bond acceptors (Lipinski definition) is 3. The molecule has 0 saturated carbocycles. The van der Waals surface area contributed by atoms with Gasteiger partial charge < -0.3 is 14.5 Å². The second kappa shape index (κ2) is 6.43. The molecular weight excluding hydrogens is 238 g/mol. The van der Waals surface area contributed by atoms with E-state index in [9.17, 15) is 0 Å². The summed E-state index contributed by atoms with van der Waals surface area (Å²) in [4.78, 5) is 0. The maximum atomic E-state index is 5.68.